The molecule has 1 unspecified atom stereocenters. The summed E-state index contributed by atoms with van der Waals surface area (Å²) in [5.41, 5.74) is 2.66. The van der Waals surface area contributed by atoms with Crippen LogP contribution in [0.3, 0.4) is 0 Å². The van der Waals surface area contributed by atoms with Crippen molar-refractivity contribution in [1.82, 2.24) is 0 Å². The van der Waals surface area contributed by atoms with Crippen molar-refractivity contribution in [2.45, 2.75) is 6.10 Å². The van der Waals surface area contributed by atoms with Gasteiger partial charge in [-0.15, -0.1) is 0 Å². The van der Waals surface area contributed by atoms with Gasteiger partial charge in [-0.2, -0.15) is 0 Å². The highest BCUT2D eigenvalue weighted by Crippen LogP contribution is 2.35. The van der Waals surface area contributed by atoms with E-state index in [0.717, 1.165) is 21.9 Å². The van der Waals surface area contributed by atoms with Crippen LogP contribution in [0.25, 0.3) is 16.8 Å². The van der Waals surface area contributed by atoms with Crippen LogP contribution < -0.4 is 0 Å². The molecular formula is C21H13ClO4. The van der Waals surface area contributed by atoms with E-state index in [9.17, 15) is 9.59 Å². The first kappa shape index (κ1) is 16.4. The standard InChI is InChI=1S/C21H13ClO4/c22-26-21(24)16-9-7-15(8-10-16)20(23)25-18-12-11-14-4-1-3-13-5-2-6-17(18)19(13)14/h1-12,18H. The molecule has 1 aliphatic carbocycles. The molecule has 0 bridgehead atoms. The molecule has 0 aliphatic heterocycles. The first-order chi connectivity index (χ1) is 12.7. The smallest absolute Gasteiger partial charge is 0.356 e. The third-order valence-electron chi connectivity index (χ3n) is 4.39. The van der Waals surface area contributed by atoms with Gasteiger partial charge >= 0.3 is 11.9 Å². The van der Waals surface area contributed by atoms with E-state index in [4.69, 9.17) is 16.6 Å². The van der Waals surface area contributed by atoms with Crippen molar-refractivity contribution in [3.05, 3.63) is 89.0 Å². The Labute approximate surface area is 154 Å². The molecule has 0 saturated heterocycles. The van der Waals surface area contributed by atoms with E-state index in [0.29, 0.717) is 5.56 Å². The number of carbonyl (C=O) groups excluding carboxylic acids is 2. The molecule has 0 spiro atoms. The van der Waals surface area contributed by atoms with Crippen molar-refractivity contribution in [1.29, 1.82) is 0 Å². The lowest BCUT2D eigenvalue weighted by Crippen LogP contribution is -2.12. The second kappa shape index (κ2) is 6.65. The number of benzene rings is 3. The molecule has 0 amide bonds. The molecule has 0 heterocycles. The predicted octanol–water partition coefficient (Wildman–Crippen LogP) is 5.08. The largest absolute Gasteiger partial charge is 0.450 e. The molecule has 128 valence electrons. The number of esters is 1. The van der Waals surface area contributed by atoms with Gasteiger partial charge in [0.05, 0.1) is 11.1 Å². The third-order valence-corrected chi connectivity index (χ3v) is 4.53. The van der Waals surface area contributed by atoms with Gasteiger partial charge in [-0.3, -0.25) is 0 Å². The summed E-state index contributed by atoms with van der Waals surface area (Å²) in [5, 5.41) is 2.20. The van der Waals surface area contributed by atoms with Crippen molar-refractivity contribution in [3.8, 4) is 0 Å². The molecule has 0 N–H and O–H groups in total. The van der Waals surface area contributed by atoms with Gasteiger partial charge < -0.3 is 9.03 Å². The van der Waals surface area contributed by atoms with Crippen molar-refractivity contribution >= 4 is 40.7 Å². The molecule has 3 aromatic carbocycles. The van der Waals surface area contributed by atoms with E-state index < -0.39 is 18.0 Å². The molecule has 3 aromatic rings. The summed E-state index contributed by atoms with van der Waals surface area (Å²) in [6.45, 7) is 0. The summed E-state index contributed by atoms with van der Waals surface area (Å²) in [4.78, 5) is 23.9. The van der Waals surface area contributed by atoms with Gasteiger partial charge in [0, 0.05) is 5.56 Å². The Morgan fingerprint density at radius 2 is 1.50 bits per heavy atom. The van der Waals surface area contributed by atoms with Crippen molar-refractivity contribution < 1.29 is 18.6 Å². The minimum absolute atomic E-state index is 0.257. The molecule has 0 radical (unpaired) electrons. The SMILES string of the molecule is O=C(OCl)c1ccc(C(=O)OC2C=Cc3cccc4cccc2c34)cc1. The molecule has 0 fully saturated rings. The second-order valence-electron chi connectivity index (χ2n) is 5.92. The molecular weight excluding hydrogens is 352 g/mol. The Bertz CT molecular complexity index is 1030. The maximum Gasteiger partial charge on any atom is 0.356 e. The molecule has 5 heteroatoms. The van der Waals surface area contributed by atoms with Crippen LogP contribution in [0, 0.1) is 0 Å². The zero-order valence-electron chi connectivity index (χ0n) is 13.5. The van der Waals surface area contributed by atoms with E-state index in [2.05, 4.69) is 4.29 Å². The van der Waals surface area contributed by atoms with Crippen LogP contribution in [0.4, 0.5) is 0 Å². The van der Waals surface area contributed by atoms with E-state index in [1.165, 1.54) is 24.3 Å². The topological polar surface area (TPSA) is 52.6 Å². The Morgan fingerprint density at radius 1 is 0.846 bits per heavy atom. The van der Waals surface area contributed by atoms with E-state index in [1.54, 1.807) is 0 Å². The van der Waals surface area contributed by atoms with Crippen molar-refractivity contribution in [2.24, 2.45) is 0 Å². The van der Waals surface area contributed by atoms with Gasteiger partial charge in [-0.1, -0.05) is 42.5 Å². The number of hydrogen-bond acceptors (Lipinski definition) is 4. The number of carbonyl (C=O) groups is 2. The molecule has 0 saturated carbocycles. The van der Waals surface area contributed by atoms with Crippen molar-refractivity contribution in [2.75, 3.05) is 0 Å². The molecule has 1 aliphatic rings. The van der Waals surface area contributed by atoms with Crippen molar-refractivity contribution in [3.63, 3.8) is 0 Å². The average Bonchev–Trinajstić information content (AvgIpc) is 2.70. The summed E-state index contributed by atoms with van der Waals surface area (Å²) in [7, 11) is 0. The summed E-state index contributed by atoms with van der Waals surface area (Å²) >= 11 is 5.05. The predicted molar refractivity (Wildman–Crippen MR) is 98.8 cm³/mol. The van der Waals surface area contributed by atoms with E-state index in [1.807, 2.05) is 48.6 Å². The Balaban J connectivity index is 1.60. The normalized spacial score (nSPS) is 14.9. The maximum absolute atomic E-state index is 12.5. The minimum atomic E-state index is -0.676. The fraction of sp³-hybridized carbons (Fsp3) is 0.0476. The molecule has 1 atom stereocenters. The summed E-state index contributed by atoms with van der Waals surface area (Å²) < 4.78 is 9.81. The van der Waals surface area contributed by atoms with Gasteiger partial charge in [-0.25, -0.2) is 9.59 Å². The Kier molecular flexibility index (Phi) is 4.19. The quantitative estimate of drug-likeness (QED) is 0.608. The maximum atomic E-state index is 12.5. The number of halogens is 1. The van der Waals surface area contributed by atoms with Gasteiger partial charge in [0.2, 0.25) is 0 Å². The molecule has 4 rings (SSSR count). The fourth-order valence-corrected chi connectivity index (χ4v) is 3.23. The van der Waals surface area contributed by atoms with E-state index in [-0.39, 0.29) is 5.56 Å². The zero-order chi connectivity index (χ0) is 18.1. The number of rotatable bonds is 3. The van der Waals surface area contributed by atoms with Crippen LogP contribution in [0.2, 0.25) is 0 Å². The molecule has 0 aromatic heterocycles. The number of hydrogen-bond donors (Lipinski definition) is 0. The van der Waals surface area contributed by atoms with Crippen LogP contribution in [-0.4, -0.2) is 11.9 Å². The third kappa shape index (κ3) is 2.85. The van der Waals surface area contributed by atoms with Gasteiger partial charge in [0.1, 0.15) is 18.0 Å². The lowest BCUT2D eigenvalue weighted by Gasteiger charge is -2.21. The highest BCUT2D eigenvalue weighted by atomic mass is 35.5. The van der Waals surface area contributed by atoms with Crippen LogP contribution in [-0.2, 0) is 9.03 Å². The van der Waals surface area contributed by atoms with Crippen LogP contribution >= 0.6 is 11.9 Å². The summed E-state index contributed by atoms with van der Waals surface area (Å²) in [6, 6.07) is 18.0. The zero-order valence-corrected chi connectivity index (χ0v) is 14.3. The summed E-state index contributed by atoms with van der Waals surface area (Å²) in [6.07, 6.45) is 3.37. The highest BCUT2D eigenvalue weighted by molar-refractivity contribution is 6.15. The van der Waals surface area contributed by atoms with Gasteiger partial charge in [0.25, 0.3) is 0 Å². The summed E-state index contributed by atoms with van der Waals surface area (Å²) in [5.74, 6) is -1.15. The second-order valence-corrected chi connectivity index (χ2v) is 6.07. The minimum Gasteiger partial charge on any atom is -0.450 e. The molecule has 4 nitrogen and oxygen atoms in total. The highest BCUT2D eigenvalue weighted by Gasteiger charge is 2.21. The van der Waals surface area contributed by atoms with Crippen LogP contribution in [0.5, 0.6) is 0 Å². The van der Waals surface area contributed by atoms with Crippen LogP contribution in [0.15, 0.2) is 66.7 Å². The van der Waals surface area contributed by atoms with Gasteiger partial charge in [-0.05, 0) is 46.7 Å². The monoisotopic (exact) mass is 364 g/mol. The Morgan fingerprint density at radius 3 is 2.19 bits per heavy atom. The lowest BCUT2D eigenvalue weighted by atomic mass is 9.91. The lowest BCUT2D eigenvalue weighted by molar-refractivity contribution is 0.0394. The Hall–Kier alpha value is -3.11. The van der Waals surface area contributed by atoms with Gasteiger partial charge in [0.15, 0.2) is 0 Å². The van der Waals surface area contributed by atoms with E-state index >= 15 is 0 Å². The molecule has 26 heavy (non-hydrogen) atoms. The average molecular weight is 365 g/mol. The van der Waals surface area contributed by atoms with Crippen LogP contribution in [0.1, 0.15) is 37.9 Å². The number of ether oxygens (including phenoxy) is 1. The first-order valence-electron chi connectivity index (χ1n) is 8.01. The first-order valence-corrected chi connectivity index (χ1v) is 8.32. The fourth-order valence-electron chi connectivity index (χ4n) is 3.14.